The van der Waals surface area contributed by atoms with E-state index in [0.717, 1.165) is 0 Å². The van der Waals surface area contributed by atoms with Crippen molar-refractivity contribution in [2.45, 2.75) is 12.5 Å². The number of rotatable bonds is 3. The Labute approximate surface area is 106 Å². The van der Waals surface area contributed by atoms with Crippen molar-refractivity contribution in [3.05, 3.63) is 53.7 Å². The van der Waals surface area contributed by atoms with Crippen molar-refractivity contribution in [2.75, 3.05) is 12.8 Å². The Hall–Kier alpha value is -2.07. The van der Waals surface area contributed by atoms with Crippen LogP contribution in [0.1, 0.15) is 18.1 Å². The standard InChI is InChI=1S/C14H16N2O2/c1-14(17,12-7-4-8-16-13(12)15)10-5-3-6-11(9-10)18-2/h3-9,17H,1-2H3,(H2,15,16). The van der Waals surface area contributed by atoms with Gasteiger partial charge in [-0.2, -0.15) is 0 Å². The van der Waals surface area contributed by atoms with E-state index in [1.54, 1.807) is 38.4 Å². The molecule has 0 saturated carbocycles. The number of benzene rings is 1. The van der Waals surface area contributed by atoms with E-state index in [9.17, 15) is 5.11 Å². The number of nitrogen functional groups attached to an aromatic ring is 1. The molecule has 2 aromatic rings. The second-order valence-electron chi connectivity index (χ2n) is 4.24. The van der Waals surface area contributed by atoms with E-state index in [0.29, 0.717) is 22.7 Å². The second kappa shape index (κ2) is 4.66. The van der Waals surface area contributed by atoms with E-state index in [4.69, 9.17) is 10.5 Å². The molecule has 0 aliphatic heterocycles. The fourth-order valence-corrected chi connectivity index (χ4v) is 1.91. The van der Waals surface area contributed by atoms with Crippen LogP contribution in [0.3, 0.4) is 0 Å². The molecule has 0 bridgehead atoms. The van der Waals surface area contributed by atoms with E-state index in [2.05, 4.69) is 4.98 Å². The van der Waals surface area contributed by atoms with Crippen LogP contribution >= 0.6 is 0 Å². The van der Waals surface area contributed by atoms with Gasteiger partial charge in [0.1, 0.15) is 17.2 Å². The highest BCUT2D eigenvalue weighted by atomic mass is 16.5. The number of nitrogens with zero attached hydrogens (tertiary/aromatic N) is 1. The van der Waals surface area contributed by atoms with Gasteiger partial charge >= 0.3 is 0 Å². The third-order valence-electron chi connectivity index (χ3n) is 2.99. The Morgan fingerprint density at radius 2 is 2.06 bits per heavy atom. The van der Waals surface area contributed by atoms with Crippen LogP contribution in [0, 0.1) is 0 Å². The highest BCUT2D eigenvalue weighted by Crippen LogP contribution is 2.33. The summed E-state index contributed by atoms with van der Waals surface area (Å²) in [6.07, 6.45) is 1.60. The van der Waals surface area contributed by atoms with E-state index in [1.165, 1.54) is 0 Å². The average Bonchev–Trinajstić information content (AvgIpc) is 2.39. The first-order valence-electron chi connectivity index (χ1n) is 5.63. The molecule has 2 rings (SSSR count). The number of aliphatic hydroxyl groups is 1. The fraction of sp³-hybridized carbons (Fsp3) is 0.214. The molecule has 18 heavy (non-hydrogen) atoms. The van der Waals surface area contributed by atoms with Gasteiger partial charge in [0.05, 0.1) is 7.11 Å². The molecule has 1 unspecified atom stereocenters. The number of hydrogen-bond acceptors (Lipinski definition) is 4. The molecule has 1 heterocycles. The van der Waals surface area contributed by atoms with Gasteiger partial charge < -0.3 is 15.6 Å². The molecule has 4 heteroatoms. The van der Waals surface area contributed by atoms with Gasteiger partial charge in [0.25, 0.3) is 0 Å². The summed E-state index contributed by atoms with van der Waals surface area (Å²) in [5.41, 5.74) is 5.90. The molecule has 3 N–H and O–H groups in total. The summed E-state index contributed by atoms with van der Waals surface area (Å²) in [4.78, 5) is 4.00. The van der Waals surface area contributed by atoms with E-state index in [-0.39, 0.29) is 0 Å². The first-order valence-corrected chi connectivity index (χ1v) is 5.63. The molecule has 1 aromatic heterocycles. The summed E-state index contributed by atoms with van der Waals surface area (Å²) >= 11 is 0. The minimum atomic E-state index is -1.20. The number of ether oxygens (including phenoxy) is 1. The maximum absolute atomic E-state index is 10.7. The van der Waals surface area contributed by atoms with Crippen LogP contribution in [-0.4, -0.2) is 17.2 Å². The molecular formula is C14H16N2O2. The maximum atomic E-state index is 10.7. The van der Waals surface area contributed by atoms with Crippen molar-refractivity contribution < 1.29 is 9.84 Å². The van der Waals surface area contributed by atoms with Crippen LogP contribution in [0.2, 0.25) is 0 Å². The SMILES string of the molecule is COc1cccc(C(C)(O)c2cccnc2N)c1. The first kappa shape index (κ1) is 12.4. The molecular weight excluding hydrogens is 228 g/mol. The molecule has 0 amide bonds. The van der Waals surface area contributed by atoms with Crippen molar-refractivity contribution in [3.63, 3.8) is 0 Å². The largest absolute Gasteiger partial charge is 0.497 e. The summed E-state index contributed by atoms with van der Waals surface area (Å²) in [5.74, 6) is 1.01. The molecule has 94 valence electrons. The smallest absolute Gasteiger partial charge is 0.129 e. The lowest BCUT2D eigenvalue weighted by molar-refractivity contribution is 0.102. The Morgan fingerprint density at radius 1 is 1.28 bits per heavy atom. The number of aromatic nitrogens is 1. The number of methoxy groups -OCH3 is 1. The van der Waals surface area contributed by atoms with Gasteiger partial charge in [-0.15, -0.1) is 0 Å². The zero-order valence-electron chi connectivity index (χ0n) is 10.4. The predicted octanol–water partition coefficient (Wildman–Crippen LogP) is 1.93. The summed E-state index contributed by atoms with van der Waals surface area (Å²) < 4.78 is 5.16. The Morgan fingerprint density at radius 3 is 2.72 bits per heavy atom. The zero-order chi connectivity index (χ0) is 13.2. The summed E-state index contributed by atoms with van der Waals surface area (Å²) in [5, 5.41) is 10.7. The normalized spacial score (nSPS) is 13.9. The molecule has 1 aromatic carbocycles. The van der Waals surface area contributed by atoms with Gasteiger partial charge in [0.2, 0.25) is 0 Å². The molecule has 0 saturated heterocycles. The molecule has 0 radical (unpaired) electrons. The van der Waals surface area contributed by atoms with Crippen LogP contribution in [-0.2, 0) is 5.60 Å². The average molecular weight is 244 g/mol. The van der Waals surface area contributed by atoms with Gasteiger partial charge in [-0.3, -0.25) is 0 Å². The number of nitrogens with two attached hydrogens (primary N) is 1. The highest BCUT2D eigenvalue weighted by Gasteiger charge is 2.28. The van der Waals surface area contributed by atoms with E-state index >= 15 is 0 Å². The second-order valence-corrected chi connectivity index (χ2v) is 4.24. The summed E-state index contributed by atoms with van der Waals surface area (Å²) in [7, 11) is 1.59. The lowest BCUT2D eigenvalue weighted by Gasteiger charge is -2.25. The van der Waals surface area contributed by atoms with E-state index in [1.807, 2.05) is 18.2 Å². The van der Waals surface area contributed by atoms with Crippen LogP contribution < -0.4 is 10.5 Å². The third-order valence-corrected chi connectivity index (χ3v) is 2.99. The Balaban J connectivity index is 2.50. The number of hydrogen-bond donors (Lipinski definition) is 2. The van der Waals surface area contributed by atoms with Gasteiger partial charge in [-0.05, 0) is 30.7 Å². The van der Waals surface area contributed by atoms with E-state index < -0.39 is 5.60 Å². The Kier molecular flexibility index (Phi) is 3.21. The third kappa shape index (κ3) is 2.15. The predicted molar refractivity (Wildman–Crippen MR) is 70.3 cm³/mol. The lowest BCUT2D eigenvalue weighted by Crippen LogP contribution is -2.24. The Bertz CT molecular complexity index is 553. The zero-order valence-corrected chi connectivity index (χ0v) is 10.4. The number of anilines is 1. The van der Waals surface area contributed by atoms with Crippen molar-refractivity contribution in [2.24, 2.45) is 0 Å². The fourth-order valence-electron chi connectivity index (χ4n) is 1.91. The molecule has 0 aliphatic rings. The van der Waals surface area contributed by atoms with Gasteiger partial charge in [-0.1, -0.05) is 18.2 Å². The molecule has 4 nitrogen and oxygen atoms in total. The quantitative estimate of drug-likeness (QED) is 0.865. The van der Waals surface area contributed by atoms with Crippen molar-refractivity contribution in [1.29, 1.82) is 0 Å². The minimum absolute atomic E-state index is 0.324. The summed E-state index contributed by atoms with van der Waals surface area (Å²) in [6.45, 7) is 1.69. The minimum Gasteiger partial charge on any atom is -0.497 e. The van der Waals surface area contributed by atoms with Crippen LogP contribution in [0.25, 0.3) is 0 Å². The van der Waals surface area contributed by atoms with Crippen LogP contribution in [0.15, 0.2) is 42.6 Å². The molecule has 0 aliphatic carbocycles. The maximum Gasteiger partial charge on any atom is 0.129 e. The van der Waals surface area contributed by atoms with Gasteiger partial charge in [-0.25, -0.2) is 4.98 Å². The topological polar surface area (TPSA) is 68.4 Å². The van der Waals surface area contributed by atoms with Crippen molar-refractivity contribution in [3.8, 4) is 5.75 Å². The highest BCUT2D eigenvalue weighted by molar-refractivity contribution is 5.48. The van der Waals surface area contributed by atoms with Crippen molar-refractivity contribution in [1.82, 2.24) is 4.98 Å². The molecule has 1 atom stereocenters. The van der Waals surface area contributed by atoms with Gasteiger partial charge in [0.15, 0.2) is 0 Å². The lowest BCUT2D eigenvalue weighted by atomic mass is 9.88. The number of pyridine rings is 1. The van der Waals surface area contributed by atoms with Crippen molar-refractivity contribution >= 4 is 5.82 Å². The monoisotopic (exact) mass is 244 g/mol. The molecule has 0 fully saturated rings. The first-order chi connectivity index (χ1) is 8.55. The van der Waals surface area contributed by atoms with Gasteiger partial charge in [0, 0.05) is 11.8 Å². The van der Waals surface area contributed by atoms with Crippen LogP contribution in [0.5, 0.6) is 5.75 Å². The summed E-state index contributed by atoms with van der Waals surface area (Å²) in [6, 6.07) is 10.8. The molecule has 0 spiro atoms. The van der Waals surface area contributed by atoms with Crippen LogP contribution in [0.4, 0.5) is 5.82 Å².